The molecule has 2 rings (SSSR count). The molecule has 0 heterocycles. The van der Waals surface area contributed by atoms with Crippen molar-refractivity contribution in [1.82, 2.24) is 0 Å². The minimum Gasteiger partial charge on any atom is -0.478 e. The van der Waals surface area contributed by atoms with Gasteiger partial charge in [0.15, 0.2) is 0 Å². The first-order valence-electron chi connectivity index (χ1n) is 5.92. The number of aromatic carboxylic acids is 1. The van der Waals surface area contributed by atoms with E-state index in [-0.39, 0.29) is 16.1 Å². The minimum absolute atomic E-state index is 0.0249. The van der Waals surface area contributed by atoms with Gasteiger partial charge < -0.3 is 5.11 Å². The average Bonchev–Trinajstić information content (AvgIpc) is 2.38. The number of nitrogens with one attached hydrogen (secondary N) is 1. The lowest BCUT2D eigenvalue weighted by atomic mass is 10.2. The minimum atomic E-state index is -3.99. The van der Waals surface area contributed by atoms with Gasteiger partial charge >= 0.3 is 5.97 Å². The molecule has 0 unspecified atom stereocenters. The highest BCUT2D eigenvalue weighted by Crippen LogP contribution is 2.22. The van der Waals surface area contributed by atoms with Crippen molar-refractivity contribution in [1.29, 1.82) is 0 Å². The number of anilines is 1. The summed E-state index contributed by atoms with van der Waals surface area (Å²) in [6.07, 6.45) is 0. The van der Waals surface area contributed by atoms with Gasteiger partial charge in [0, 0.05) is 0 Å². The second kappa shape index (κ2) is 5.53. The van der Waals surface area contributed by atoms with Gasteiger partial charge in [-0.15, -0.1) is 0 Å². The van der Waals surface area contributed by atoms with Gasteiger partial charge in [0.2, 0.25) is 0 Å². The second-order valence-electron chi connectivity index (χ2n) is 4.42. The molecule has 0 fully saturated rings. The van der Waals surface area contributed by atoms with Crippen molar-refractivity contribution in [2.75, 3.05) is 4.72 Å². The van der Waals surface area contributed by atoms with E-state index in [4.69, 9.17) is 5.11 Å². The maximum absolute atomic E-state index is 13.2. The summed E-state index contributed by atoms with van der Waals surface area (Å²) in [7, 11) is -3.99. The van der Waals surface area contributed by atoms with Crippen molar-refractivity contribution < 1.29 is 22.7 Å². The molecule has 2 aromatic rings. The summed E-state index contributed by atoms with van der Waals surface area (Å²) in [5.41, 5.74) is 0.0900. The number of halogens is 1. The van der Waals surface area contributed by atoms with Gasteiger partial charge in [0.1, 0.15) is 5.82 Å². The third-order valence-corrected chi connectivity index (χ3v) is 4.12. The van der Waals surface area contributed by atoms with Gasteiger partial charge in [-0.2, -0.15) is 0 Å². The Morgan fingerprint density at radius 2 is 1.90 bits per heavy atom. The fourth-order valence-electron chi connectivity index (χ4n) is 1.77. The molecule has 2 aromatic carbocycles. The molecule has 0 amide bonds. The van der Waals surface area contributed by atoms with Gasteiger partial charge in [0.25, 0.3) is 10.0 Å². The highest BCUT2D eigenvalue weighted by molar-refractivity contribution is 7.92. The lowest BCUT2D eigenvalue weighted by molar-refractivity contribution is 0.0698. The summed E-state index contributed by atoms with van der Waals surface area (Å²) in [4.78, 5) is 11.0. The predicted octanol–water partition coefficient (Wildman–Crippen LogP) is 2.63. The third kappa shape index (κ3) is 3.38. The Balaban J connectivity index is 2.46. The Morgan fingerprint density at radius 3 is 2.52 bits per heavy atom. The van der Waals surface area contributed by atoms with Gasteiger partial charge in [0.05, 0.1) is 16.1 Å². The van der Waals surface area contributed by atoms with E-state index in [2.05, 4.69) is 4.72 Å². The molecule has 0 aliphatic carbocycles. The molecule has 0 aromatic heterocycles. The fraction of sp³-hybridized carbons (Fsp3) is 0.0714. The van der Waals surface area contributed by atoms with Crippen LogP contribution >= 0.6 is 0 Å². The average molecular weight is 309 g/mol. The molecule has 0 radical (unpaired) electrons. The summed E-state index contributed by atoms with van der Waals surface area (Å²) >= 11 is 0. The molecule has 0 aliphatic rings. The first-order valence-corrected chi connectivity index (χ1v) is 7.40. The van der Waals surface area contributed by atoms with Crippen molar-refractivity contribution in [3.05, 3.63) is 59.4 Å². The van der Waals surface area contributed by atoms with E-state index in [0.717, 1.165) is 23.8 Å². The van der Waals surface area contributed by atoms with E-state index >= 15 is 0 Å². The number of carboxylic acid groups (broad SMARTS) is 1. The van der Waals surface area contributed by atoms with Crippen molar-refractivity contribution >= 4 is 21.7 Å². The van der Waals surface area contributed by atoms with Crippen LogP contribution in [-0.4, -0.2) is 19.5 Å². The van der Waals surface area contributed by atoms with Crippen LogP contribution in [0.5, 0.6) is 0 Å². The fourth-order valence-corrected chi connectivity index (χ4v) is 2.95. The van der Waals surface area contributed by atoms with Crippen molar-refractivity contribution in [3.63, 3.8) is 0 Å². The third-order valence-electron chi connectivity index (χ3n) is 2.76. The van der Waals surface area contributed by atoms with Gasteiger partial charge in [-0.3, -0.25) is 4.72 Å². The number of sulfonamides is 1. The molecule has 21 heavy (non-hydrogen) atoms. The molecule has 110 valence electrons. The van der Waals surface area contributed by atoms with Crippen LogP contribution in [0.2, 0.25) is 0 Å². The topological polar surface area (TPSA) is 83.5 Å². The highest BCUT2D eigenvalue weighted by atomic mass is 32.2. The number of hydrogen-bond donors (Lipinski definition) is 2. The number of rotatable bonds is 4. The van der Waals surface area contributed by atoms with Crippen LogP contribution in [-0.2, 0) is 10.0 Å². The van der Waals surface area contributed by atoms with E-state index in [1.165, 1.54) is 12.1 Å². The molecule has 7 heteroatoms. The number of carboxylic acids is 1. The van der Waals surface area contributed by atoms with E-state index in [1.807, 2.05) is 0 Å². The first-order chi connectivity index (χ1) is 9.79. The van der Waals surface area contributed by atoms with Gasteiger partial charge in [-0.05, 0) is 42.8 Å². The second-order valence-corrected chi connectivity index (χ2v) is 6.10. The molecule has 0 bridgehead atoms. The largest absolute Gasteiger partial charge is 0.478 e. The number of carbonyl (C=O) groups is 1. The summed E-state index contributed by atoms with van der Waals surface area (Å²) in [6, 6.07) is 8.88. The molecule has 0 aliphatic heterocycles. The lowest BCUT2D eigenvalue weighted by Crippen LogP contribution is -2.16. The van der Waals surface area contributed by atoms with Crippen LogP contribution < -0.4 is 4.72 Å². The van der Waals surface area contributed by atoms with Gasteiger partial charge in [-0.25, -0.2) is 17.6 Å². The Kier molecular flexibility index (Phi) is 3.95. The Labute approximate surface area is 121 Å². The maximum Gasteiger partial charge on any atom is 0.337 e. The van der Waals surface area contributed by atoms with E-state index in [1.54, 1.807) is 19.1 Å². The normalized spacial score (nSPS) is 11.1. The highest BCUT2D eigenvalue weighted by Gasteiger charge is 2.19. The number of benzene rings is 2. The Bertz CT molecular complexity index is 802. The maximum atomic E-state index is 13.2. The van der Waals surface area contributed by atoms with Crippen molar-refractivity contribution in [3.8, 4) is 0 Å². The van der Waals surface area contributed by atoms with Crippen LogP contribution in [0.25, 0.3) is 0 Å². The SMILES string of the molecule is Cc1cccc(S(=O)(=O)Nc2cc(F)ccc2C(=O)O)c1. The molecule has 5 nitrogen and oxygen atoms in total. The molecule has 0 saturated carbocycles. The molecule has 2 N–H and O–H groups in total. The Hall–Kier alpha value is -2.41. The number of hydrogen-bond acceptors (Lipinski definition) is 3. The zero-order chi connectivity index (χ0) is 15.6. The van der Waals surface area contributed by atoms with Crippen LogP contribution in [0.15, 0.2) is 47.4 Å². The standard InChI is InChI=1S/C14H12FNO4S/c1-9-3-2-4-11(7-9)21(19,20)16-13-8-10(15)5-6-12(13)14(17)18/h2-8,16H,1H3,(H,17,18). The molecule has 0 spiro atoms. The summed E-state index contributed by atoms with van der Waals surface area (Å²) < 4.78 is 39.8. The zero-order valence-electron chi connectivity index (χ0n) is 11.0. The quantitative estimate of drug-likeness (QED) is 0.909. The van der Waals surface area contributed by atoms with E-state index in [0.29, 0.717) is 0 Å². The predicted molar refractivity (Wildman–Crippen MR) is 75.3 cm³/mol. The van der Waals surface area contributed by atoms with Crippen LogP contribution in [0, 0.1) is 12.7 Å². The van der Waals surface area contributed by atoms with Crippen molar-refractivity contribution in [2.24, 2.45) is 0 Å². The van der Waals surface area contributed by atoms with E-state index < -0.39 is 21.8 Å². The summed E-state index contributed by atoms with van der Waals surface area (Å²) in [5.74, 6) is -2.08. The smallest absolute Gasteiger partial charge is 0.337 e. The molecular formula is C14H12FNO4S. The van der Waals surface area contributed by atoms with Crippen LogP contribution in [0.1, 0.15) is 15.9 Å². The summed E-state index contributed by atoms with van der Waals surface area (Å²) in [5, 5.41) is 9.01. The number of aryl methyl sites for hydroxylation is 1. The first kappa shape index (κ1) is 15.0. The molecular weight excluding hydrogens is 297 g/mol. The van der Waals surface area contributed by atoms with Crippen LogP contribution in [0.4, 0.5) is 10.1 Å². The monoisotopic (exact) mass is 309 g/mol. The lowest BCUT2D eigenvalue weighted by Gasteiger charge is -2.11. The molecule has 0 atom stereocenters. The van der Waals surface area contributed by atoms with Gasteiger partial charge in [-0.1, -0.05) is 12.1 Å². The molecule has 0 saturated heterocycles. The summed E-state index contributed by atoms with van der Waals surface area (Å²) in [6.45, 7) is 1.73. The Morgan fingerprint density at radius 1 is 1.19 bits per heavy atom. The van der Waals surface area contributed by atoms with E-state index in [9.17, 15) is 17.6 Å². The zero-order valence-corrected chi connectivity index (χ0v) is 11.8. The van der Waals surface area contributed by atoms with Crippen LogP contribution in [0.3, 0.4) is 0 Å². The van der Waals surface area contributed by atoms with Crippen molar-refractivity contribution in [2.45, 2.75) is 11.8 Å².